The molecule has 0 fully saturated rings. The van der Waals surface area contributed by atoms with Crippen molar-refractivity contribution in [3.63, 3.8) is 0 Å². The number of amides is 2. The van der Waals surface area contributed by atoms with Crippen LogP contribution in [0.2, 0.25) is 20.1 Å². The number of hydrogen-bond donors (Lipinski definition) is 1. The molecule has 7 nitrogen and oxygen atoms in total. The molecule has 0 aromatic heterocycles. The summed E-state index contributed by atoms with van der Waals surface area (Å²) in [7, 11) is -4.24. The molecule has 3 rings (SSSR count). The molecule has 0 spiro atoms. The van der Waals surface area contributed by atoms with Crippen molar-refractivity contribution in [1.29, 1.82) is 0 Å². The standard InChI is InChI=1S/C29H31Cl4N3O4S/c1-5-19(3)34-29(38)20(4)35(16-21-8-12-24(30)26(32)14-21)28(37)17-36(22-9-13-25(31)27(33)15-22)41(39,40)23-10-6-18(2)7-11-23/h6-15,19-20H,5,16-17H2,1-4H3,(H,34,38)/t19-,20+/m1/s1. The van der Waals surface area contributed by atoms with E-state index in [-0.39, 0.29) is 44.1 Å². The maximum absolute atomic E-state index is 14.0. The number of anilines is 1. The lowest BCUT2D eigenvalue weighted by Crippen LogP contribution is -2.52. The van der Waals surface area contributed by atoms with Gasteiger partial charge in [-0.05, 0) is 75.2 Å². The van der Waals surface area contributed by atoms with Crippen LogP contribution in [0.4, 0.5) is 5.69 Å². The molecular weight excluding hydrogens is 628 g/mol. The van der Waals surface area contributed by atoms with Gasteiger partial charge < -0.3 is 10.2 Å². The summed E-state index contributed by atoms with van der Waals surface area (Å²) in [5.41, 5.74) is 1.62. The van der Waals surface area contributed by atoms with Gasteiger partial charge in [-0.2, -0.15) is 0 Å². The summed E-state index contributed by atoms with van der Waals surface area (Å²) in [6, 6.07) is 14.4. The number of carbonyl (C=O) groups is 2. The molecule has 0 radical (unpaired) electrons. The fraction of sp³-hybridized carbons (Fsp3) is 0.310. The van der Waals surface area contributed by atoms with Gasteiger partial charge in [-0.25, -0.2) is 8.42 Å². The van der Waals surface area contributed by atoms with E-state index in [9.17, 15) is 18.0 Å². The monoisotopic (exact) mass is 657 g/mol. The SMILES string of the molecule is CC[C@@H](C)NC(=O)[C@H](C)N(Cc1ccc(Cl)c(Cl)c1)C(=O)CN(c1ccc(Cl)c(Cl)c1)S(=O)(=O)c1ccc(C)cc1. The zero-order valence-electron chi connectivity index (χ0n) is 23.0. The lowest BCUT2D eigenvalue weighted by Gasteiger charge is -2.32. The Labute approximate surface area is 261 Å². The molecule has 0 saturated heterocycles. The van der Waals surface area contributed by atoms with Crippen molar-refractivity contribution in [3.05, 3.63) is 91.9 Å². The zero-order chi connectivity index (χ0) is 30.5. The first-order valence-electron chi connectivity index (χ1n) is 12.8. The van der Waals surface area contributed by atoms with E-state index in [0.717, 1.165) is 9.87 Å². The molecule has 0 aliphatic rings. The first-order valence-corrected chi connectivity index (χ1v) is 15.8. The Morgan fingerprint density at radius 2 is 1.44 bits per heavy atom. The Hall–Kier alpha value is -2.49. The van der Waals surface area contributed by atoms with Gasteiger partial charge in [0.1, 0.15) is 12.6 Å². The maximum Gasteiger partial charge on any atom is 0.264 e. The van der Waals surface area contributed by atoms with E-state index in [1.54, 1.807) is 37.3 Å². The van der Waals surface area contributed by atoms with Gasteiger partial charge in [0.2, 0.25) is 11.8 Å². The Balaban J connectivity index is 2.06. The second-order valence-corrected chi connectivity index (χ2v) is 13.2. The fourth-order valence-corrected chi connectivity index (χ4v) is 5.91. The van der Waals surface area contributed by atoms with Crippen molar-refractivity contribution >= 4 is 73.9 Å². The summed E-state index contributed by atoms with van der Waals surface area (Å²) in [6.07, 6.45) is 0.694. The molecule has 0 bridgehead atoms. The highest BCUT2D eigenvalue weighted by Gasteiger charge is 2.33. The number of sulfonamides is 1. The molecular formula is C29H31Cl4N3O4S. The molecule has 3 aromatic carbocycles. The zero-order valence-corrected chi connectivity index (χ0v) is 26.8. The normalized spacial score (nSPS) is 12.9. The largest absolute Gasteiger partial charge is 0.352 e. The lowest BCUT2D eigenvalue weighted by molar-refractivity contribution is -0.139. The number of benzene rings is 3. The van der Waals surface area contributed by atoms with Crippen LogP contribution >= 0.6 is 46.4 Å². The molecule has 0 aliphatic heterocycles. The summed E-state index contributed by atoms with van der Waals surface area (Å²) < 4.78 is 28.8. The molecule has 220 valence electrons. The molecule has 1 N–H and O–H groups in total. The van der Waals surface area contributed by atoms with Crippen LogP contribution in [0.15, 0.2) is 65.6 Å². The minimum Gasteiger partial charge on any atom is -0.352 e. The predicted octanol–water partition coefficient (Wildman–Crippen LogP) is 7.14. The van der Waals surface area contributed by atoms with Crippen molar-refractivity contribution in [2.24, 2.45) is 0 Å². The van der Waals surface area contributed by atoms with Crippen LogP contribution in [0.3, 0.4) is 0 Å². The minimum atomic E-state index is -4.24. The molecule has 0 unspecified atom stereocenters. The third-order valence-electron chi connectivity index (χ3n) is 6.58. The second-order valence-electron chi connectivity index (χ2n) is 9.69. The molecule has 0 heterocycles. The van der Waals surface area contributed by atoms with E-state index in [2.05, 4.69) is 5.32 Å². The van der Waals surface area contributed by atoms with Gasteiger partial charge in [-0.1, -0.05) is 77.1 Å². The first-order chi connectivity index (χ1) is 19.2. The summed E-state index contributed by atoms with van der Waals surface area (Å²) >= 11 is 24.6. The van der Waals surface area contributed by atoms with Crippen LogP contribution in [0.5, 0.6) is 0 Å². The number of hydrogen-bond acceptors (Lipinski definition) is 4. The van der Waals surface area contributed by atoms with Gasteiger partial charge >= 0.3 is 0 Å². The topological polar surface area (TPSA) is 86.8 Å². The van der Waals surface area contributed by atoms with E-state index in [4.69, 9.17) is 46.4 Å². The van der Waals surface area contributed by atoms with Gasteiger partial charge in [0.25, 0.3) is 10.0 Å². The highest BCUT2D eigenvalue weighted by Crippen LogP contribution is 2.31. The van der Waals surface area contributed by atoms with E-state index >= 15 is 0 Å². The van der Waals surface area contributed by atoms with Crippen LogP contribution in [0.1, 0.15) is 38.3 Å². The van der Waals surface area contributed by atoms with E-state index in [1.165, 1.54) is 35.2 Å². The molecule has 12 heteroatoms. The lowest BCUT2D eigenvalue weighted by atomic mass is 10.1. The number of nitrogens with one attached hydrogen (secondary N) is 1. The van der Waals surface area contributed by atoms with Crippen LogP contribution in [-0.4, -0.2) is 43.8 Å². The quantitative estimate of drug-likeness (QED) is 0.237. The van der Waals surface area contributed by atoms with Gasteiger partial charge in [0.05, 0.1) is 30.7 Å². The predicted molar refractivity (Wildman–Crippen MR) is 167 cm³/mol. The molecule has 0 aliphatic carbocycles. The Morgan fingerprint density at radius 1 is 0.854 bits per heavy atom. The van der Waals surface area contributed by atoms with Gasteiger partial charge in [-0.3, -0.25) is 13.9 Å². The molecule has 2 atom stereocenters. The minimum absolute atomic E-state index is 0.0134. The van der Waals surface area contributed by atoms with E-state index in [0.29, 0.717) is 17.0 Å². The van der Waals surface area contributed by atoms with Crippen molar-refractivity contribution in [2.75, 3.05) is 10.8 Å². The number of halogens is 4. The number of aryl methyl sites for hydroxylation is 1. The van der Waals surface area contributed by atoms with E-state index < -0.39 is 28.5 Å². The highest BCUT2D eigenvalue weighted by atomic mass is 35.5. The van der Waals surface area contributed by atoms with Crippen molar-refractivity contribution < 1.29 is 18.0 Å². The first kappa shape index (κ1) is 33.0. The summed E-state index contributed by atoms with van der Waals surface area (Å²) in [5, 5.41) is 3.86. The molecule has 2 amide bonds. The van der Waals surface area contributed by atoms with Crippen molar-refractivity contribution in [3.8, 4) is 0 Å². The third-order valence-corrected chi connectivity index (χ3v) is 9.85. The second kappa shape index (κ2) is 14.1. The van der Waals surface area contributed by atoms with Crippen LogP contribution in [-0.2, 0) is 26.2 Å². The molecule has 41 heavy (non-hydrogen) atoms. The number of rotatable bonds is 11. The molecule has 0 saturated carbocycles. The van der Waals surface area contributed by atoms with Gasteiger partial charge in [-0.15, -0.1) is 0 Å². The summed E-state index contributed by atoms with van der Waals surface area (Å²) in [6.45, 7) is 6.57. The average Bonchev–Trinajstić information content (AvgIpc) is 2.93. The van der Waals surface area contributed by atoms with Crippen LogP contribution in [0.25, 0.3) is 0 Å². The number of nitrogens with zero attached hydrogens (tertiary/aromatic N) is 2. The highest BCUT2D eigenvalue weighted by molar-refractivity contribution is 7.92. The summed E-state index contributed by atoms with van der Waals surface area (Å²) in [5.74, 6) is -1.00. The van der Waals surface area contributed by atoms with Crippen molar-refractivity contribution in [1.82, 2.24) is 10.2 Å². The van der Waals surface area contributed by atoms with Crippen LogP contribution in [0, 0.1) is 6.92 Å². The Kier molecular flexibility index (Phi) is 11.4. The van der Waals surface area contributed by atoms with Gasteiger partial charge in [0.15, 0.2) is 0 Å². The third kappa shape index (κ3) is 8.30. The van der Waals surface area contributed by atoms with Crippen molar-refractivity contribution in [2.45, 2.75) is 57.6 Å². The average molecular weight is 659 g/mol. The number of carbonyl (C=O) groups excluding carboxylic acids is 2. The molecule has 3 aromatic rings. The maximum atomic E-state index is 14.0. The Morgan fingerprint density at radius 3 is 2.00 bits per heavy atom. The fourth-order valence-electron chi connectivity index (χ4n) is 3.89. The summed E-state index contributed by atoms with van der Waals surface area (Å²) in [4.78, 5) is 28.4. The van der Waals surface area contributed by atoms with E-state index in [1.807, 2.05) is 20.8 Å². The van der Waals surface area contributed by atoms with Crippen LogP contribution < -0.4 is 9.62 Å². The Bertz CT molecular complexity index is 1520. The smallest absolute Gasteiger partial charge is 0.264 e. The van der Waals surface area contributed by atoms with Gasteiger partial charge in [0, 0.05) is 12.6 Å².